The monoisotopic (exact) mass is 423 g/mol. The van der Waals surface area contributed by atoms with Crippen molar-refractivity contribution in [2.75, 3.05) is 0 Å². The molecule has 2 aliphatic rings. The maximum Gasteiger partial charge on any atom is 0.352 e. The molecule has 0 bridgehead atoms. The van der Waals surface area contributed by atoms with Crippen LogP contribution in [0.1, 0.15) is 11.1 Å². The molecule has 0 radical (unpaired) electrons. The Hall–Kier alpha value is -4.19. The quantitative estimate of drug-likeness (QED) is 0.409. The molecular formula is C26H21N3O3. The second-order valence-corrected chi connectivity index (χ2v) is 7.77. The second-order valence-electron chi connectivity index (χ2n) is 7.77. The topological polar surface area (TPSA) is 66.1 Å². The van der Waals surface area contributed by atoms with Crippen molar-refractivity contribution in [3.05, 3.63) is 111 Å². The summed E-state index contributed by atoms with van der Waals surface area (Å²) in [5.74, 6) is 0.983. The lowest BCUT2D eigenvalue weighted by molar-refractivity contribution is 0.310. The molecule has 0 unspecified atom stereocenters. The molecule has 0 fully saturated rings. The highest BCUT2D eigenvalue weighted by Crippen LogP contribution is 2.33. The van der Waals surface area contributed by atoms with Crippen molar-refractivity contribution in [2.45, 2.75) is 13.5 Å². The predicted octanol–water partition coefficient (Wildman–Crippen LogP) is 4.08. The minimum Gasteiger partial charge on any atom is -0.488 e. The summed E-state index contributed by atoms with van der Waals surface area (Å²) < 4.78 is 9.03. The zero-order valence-corrected chi connectivity index (χ0v) is 17.8. The van der Waals surface area contributed by atoms with Crippen LogP contribution in [0.5, 0.6) is 5.75 Å². The Labute approximate surface area is 184 Å². The van der Waals surface area contributed by atoms with Gasteiger partial charge in [-0.15, -0.1) is 0 Å². The Morgan fingerprint density at radius 2 is 1.66 bits per heavy atom. The molecular weight excluding hydrogens is 402 g/mol. The highest BCUT2D eigenvalue weighted by Gasteiger charge is 2.21. The second kappa shape index (κ2) is 7.81. The van der Waals surface area contributed by atoms with Crippen LogP contribution in [0.15, 0.2) is 88.5 Å². The van der Waals surface area contributed by atoms with E-state index in [4.69, 9.17) is 4.74 Å². The number of rotatable bonds is 4. The average Bonchev–Trinajstić information content (AvgIpc) is 2.82. The van der Waals surface area contributed by atoms with E-state index in [1.165, 1.54) is 7.05 Å². The molecule has 0 N–H and O–H groups in total. The Kier molecular flexibility index (Phi) is 4.82. The third-order valence-corrected chi connectivity index (χ3v) is 5.58. The van der Waals surface area contributed by atoms with Gasteiger partial charge >= 0.3 is 5.69 Å². The molecule has 3 aromatic rings. The van der Waals surface area contributed by atoms with Crippen molar-refractivity contribution >= 4 is 10.9 Å². The van der Waals surface area contributed by atoms with E-state index in [1.807, 2.05) is 84.3 Å². The van der Waals surface area contributed by atoms with Gasteiger partial charge in [0.05, 0.1) is 11.1 Å². The minimum absolute atomic E-state index is 0.328. The summed E-state index contributed by atoms with van der Waals surface area (Å²) >= 11 is 0. The summed E-state index contributed by atoms with van der Waals surface area (Å²) in [6.07, 6.45) is 0. The van der Waals surface area contributed by atoms with Crippen LogP contribution in [0, 0.1) is 6.92 Å². The lowest BCUT2D eigenvalue weighted by Crippen LogP contribution is -2.35. The van der Waals surface area contributed by atoms with Crippen molar-refractivity contribution in [3.63, 3.8) is 0 Å². The van der Waals surface area contributed by atoms with Gasteiger partial charge in [-0.05, 0) is 42.8 Å². The summed E-state index contributed by atoms with van der Waals surface area (Å²) in [5, 5.41) is 0.772. The molecule has 0 amide bonds. The molecule has 32 heavy (non-hydrogen) atoms. The predicted molar refractivity (Wildman–Crippen MR) is 125 cm³/mol. The fraction of sp³-hybridized carbons (Fsp3) is 0.115. The molecule has 2 heterocycles. The van der Waals surface area contributed by atoms with Crippen molar-refractivity contribution in [3.8, 4) is 22.8 Å². The number of fused-ring (bicyclic) bond motifs is 2. The number of hydrogen-bond acceptors (Lipinski definition) is 4. The van der Waals surface area contributed by atoms with E-state index in [2.05, 4.69) is 4.98 Å². The average molecular weight is 423 g/mol. The first kappa shape index (κ1) is 19.8. The van der Waals surface area contributed by atoms with Crippen LogP contribution >= 0.6 is 0 Å². The van der Waals surface area contributed by atoms with E-state index in [1.54, 1.807) is 6.07 Å². The van der Waals surface area contributed by atoms with Gasteiger partial charge in [0.15, 0.2) is 5.82 Å². The SMILES string of the molecule is Cc1ccc(-n2c3nc(=O)n(C)c(=O)c-3cc3c(OCc4ccccc4)cccc32)cc1. The Bertz CT molecular complexity index is 1520. The molecule has 0 spiro atoms. The van der Waals surface area contributed by atoms with Gasteiger partial charge in [0.25, 0.3) is 5.56 Å². The van der Waals surface area contributed by atoms with E-state index in [0.717, 1.165) is 32.3 Å². The summed E-state index contributed by atoms with van der Waals surface area (Å²) in [6.45, 7) is 2.41. The van der Waals surface area contributed by atoms with Crippen LogP contribution in [0.2, 0.25) is 0 Å². The van der Waals surface area contributed by atoms with Gasteiger partial charge in [0.1, 0.15) is 12.4 Å². The van der Waals surface area contributed by atoms with Crippen LogP contribution in [-0.4, -0.2) is 14.1 Å². The Balaban J connectivity index is 1.80. The number of hydrogen-bond donors (Lipinski definition) is 0. The maximum atomic E-state index is 13.0. The fourth-order valence-corrected chi connectivity index (χ4v) is 3.83. The number of aryl methyl sites for hydroxylation is 1. The molecule has 3 aromatic carbocycles. The Morgan fingerprint density at radius 3 is 2.41 bits per heavy atom. The van der Waals surface area contributed by atoms with Gasteiger partial charge in [-0.2, -0.15) is 4.98 Å². The zero-order chi connectivity index (χ0) is 22.2. The summed E-state index contributed by atoms with van der Waals surface area (Å²) in [4.78, 5) is 29.6. The molecule has 0 aliphatic carbocycles. The van der Waals surface area contributed by atoms with Crippen molar-refractivity contribution in [2.24, 2.45) is 7.05 Å². The first-order valence-corrected chi connectivity index (χ1v) is 10.3. The zero-order valence-electron chi connectivity index (χ0n) is 17.8. The number of aromatic nitrogens is 3. The van der Waals surface area contributed by atoms with Crippen LogP contribution in [0.4, 0.5) is 0 Å². The number of ether oxygens (including phenoxy) is 1. The summed E-state index contributed by atoms with van der Waals surface area (Å²) in [7, 11) is 1.44. The first-order valence-electron chi connectivity index (χ1n) is 10.3. The third kappa shape index (κ3) is 3.36. The maximum absolute atomic E-state index is 13.0. The van der Waals surface area contributed by atoms with Crippen LogP contribution in [-0.2, 0) is 13.7 Å². The van der Waals surface area contributed by atoms with E-state index >= 15 is 0 Å². The van der Waals surface area contributed by atoms with E-state index in [-0.39, 0.29) is 5.56 Å². The highest BCUT2D eigenvalue weighted by atomic mass is 16.5. The minimum atomic E-state index is -0.584. The lowest BCUT2D eigenvalue weighted by Gasteiger charge is -2.20. The molecule has 0 saturated heterocycles. The van der Waals surface area contributed by atoms with Gasteiger partial charge < -0.3 is 4.74 Å². The normalized spacial score (nSPS) is 11.2. The fourth-order valence-electron chi connectivity index (χ4n) is 3.83. The van der Waals surface area contributed by atoms with Crippen molar-refractivity contribution < 1.29 is 4.74 Å². The van der Waals surface area contributed by atoms with Crippen molar-refractivity contribution in [1.82, 2.24) is 14.1 Å². The van der Waals surface area contributed by atoms with Gasteiger partial charge in [-0.25, -0.2) is 4.79 Å². The molecule has 0 saturated carbocycles. The number of benzene rings is 3. The summed E-state index contributed by atoms with van der Waals surface area (Å²) in [6, 6.07) is 25.3. The third-order valence-electron chi connectivity index (χ3n) is 5.58. The molecule has 2 aliphatic heterocycles. The largest absolute Gasteiger partial charge is 0.488 e. The van der Waals surface area contributed by atoms with Gasteiger partial charge in [0, 0.05) is 18.1 Å². The van der Waals surface area contributed by atoms with Gasteiger partial charge in [0.2, 0.25) is 0 Å². The number of pyridine rings is 1. The van der Waals surface area contributed by atoms with E-state index < -0.39 is 5.69 Å². The van der Waals surface area contributed by atoms with Gasteiger partial charge in [-0.1, -0.05) is 54.1 Å². The molecule has 0 atom stereocenters. The Morgan fingerprint density at radius 1 is 0.906 bits per heavy atom. The first-order chi connectivity index (χ1) is 15.5. The smallest absolute Gasteiger partial charge is 0.352 e. The molecule has 0 aromatic heterocycles. The van der Waals surface area contributed by atoms with E-state index in [0.29, 0.717) is 23.7 Å². The van der Waals surface area contributed by atoms with Crippen LogP contribution in [0.3, 0.4) is 0 Å². The lowest BCUT2D eigenvalue weighted by atomic mass is 10.1. The molecule has 6 nitrogen and oxygen atoms in total. The van der Waals surface area contributed by atoms with Crippen LogP contribution < -0.4 is 16.0 Å². The van der Waals surface area contributed by atoms with E-state index in [9.17, 15) is 9.59 Å². The molecule has 6 heteroatoms. The van der Waals surface area contributed by atoms with Crippen molar-refractivity contribution in [1.29, 1.82) is 0 Å². The standard InChI is InChI=1S/C26H21N3O3/c1-17-11-13-19(14-12-17)29-22-9-6-10-23(32-16-18-7-4-3-5-8-18)20(22)15-21-24(29)27-26(31)28(2)25(21)30/h3-15H,16H2,1-2H3. The molecule has 5 rings (SSSR count). The number of nitrogens with zero attached hydrogens (tertiary/aromatic N) is 3. The van der Waals surface area contributed by atoms with Crippen LogP contribution in [0.25, 0.3) is 28.0 Å². The molecule has 158 valence electrons. The summed E-state index contributed by atoms with van der Waals surface area (Å²) in [5.41, 5.74) is 3.15. The van der Waals surface area contributed by atoms with Gasteiger partial charge in [-0.3, -0.25) is 13.9 Å². The highest BCUT2D eigenvalue weighted by molar-refractivity contribution is 5.92.